The molecular formula is C19H19NO5. The minimum atomic E-state index is -1.08. The smallest absolute Gasteiger partial charge is 0.317 e. The number of ether oxygens (including phenoxy) is 2. The second-order valence-electron chi connectivity index (χ2n) is 6.00. The van der Waals surface area contributed by atoms with Crippen molar-refractivity contribution < 1.29 is 24.3 Å². The number of esters is 1. The Kier molecular flexibility index (Phi) is 4.72. The van der Waals surface area contributed by atoms with Crippen molar-refractivity contribution >= 4 is 11.9 Å². The molecular weight excluding hydrogens is 322 g/mol. The van der Waals surface area contributed by atoms with Crippen LogP contribution < -0.4 is 10.2 Å². The molecule has 1 amide bonds. The second-order valence-corrected chi connectivity index (χ2v) is 6.00. The first-order chi connectivity index (χ1) is 12.1. The van der Waals surface area contributed by atoms with Crippen molar-refractivity contribution in [3.05, 3.63) is 65.7 Å². The van der Waals surface area contributed by atoms with Gasteiger partial charge in [-0.15, -0.1) is 0 Å². The third kappa shape index (κ3) is 3.21. The number of carbonyl (C=O) groups is 2. The fourth-order valence-electron chi connectivity index (χ4n) is 3.11. The van der Waals surface area contributed by atoms with Crippen LogP contribution in [0.15, 0.2) is 54.6 Å². The SMILES string of the molecule is COC(=O)[C@]1(c2cccc(OCc3ccccc3)c2)CC1C(=O)NO. The molecule has 1 aliphatic rings. The van der Waals surface area contributed by atoms with Gasteiger partial charge in [0, 0.05) is 0 Å². The van der Waals surface area contributed by atoms with Crippen molar-refractivity contribution in [1.29, 1.82) is 0 Å². The zero-order chi connectivity index (χ0) is 17.9. The standard InChI is InChI=1S/C19H19NO5/c1-24-18(22)19(11-16(19)17(21)20-23)14-8-5-9-15(10-14)25-12-13-6-3-2-4-7-13/h2-10,16,23H,11-12H2,1H3,(H,20,21)/t16?,19-/m0/s1. The molecule has 1 fully saturated rings. The average Bonchev–Trinajstić information content (AvgIpc) is 3.43. The Morgan fingerprint density at radius 1 is 1.20 bits per heavy atom. The number of carbonyl (C=O) groups excluding carboxylic acids is 2. The van der Waals surface area contributed by atoms with Crippen LogP contribution in [-0.4, -0.2) is 24.2 Å². The summed E-state index contributed by atoms with van der Waals surface area (Å²) < 4.78 is 10.7. The van der Waals surface area contributed by atoms with Gasteiger partial charge in [0.05, 0.1) is 13.0 Å². The largest absolute Gasteiger partial charge is 0.489 e. The van der Waals surface area contributed by atoms with Crippen molar-refractivity contribution in [3.8, 4) is 5.75 Å². The van der Waals surface area contributed by atoms with Crippen molar-refractivity contribution in [2.45, 2.75) is 18.4 Å². The summed E-state index contributed by atoms with van der Waals surface area (Å²) in [5.41, 5.74) is 2.20. The summed E-state index contributed by atoms with van der Waals surface area (Å²) in [6, 6.07) is 16.8. The molecule has 6 nitrogen and oxygen atoms in total. The van der Waals surface area contributed by atoms with Gasteiger partial charge in [-0.05, 0) is 29.7 Å². The highest BCUT2D eigenvalue weighted by atomic mass is 16.5. The zero-order valence-electron chi connectivity index (χ0n) is 13.8. The lowest BCUT2D eigenvalue weighted by molar-refractivity contribution is -0.146. The van der Waals surface area contributed by atoms with Gasteiger partial charge < -0.3 is 9.47 Å². The summed E-state index contributed by atoms with van der Waals surface area (Å²) >= 11 is 0. The Bertz CT molecular complexity index is 776. The summed E-state index contributed by atoms with van der Waals surface area (Å²) in [5, 5.41) is 8.87. The fourth-order valence-corrected chi connectivity index (χ4v) is 3.11. The van der Waals surface area contributed by atoms with E-state index < -0.39 is 23.2 Å². The number of amides is 1. The minimum absolute atomic E-state index is 0.286. The third-order valence-electron chi connectivity index (χ3n) is 4.53. The molecule has 1 unspecified atom stereocenters. The number of rotatable bonds is 6. The first kappa shape index (κ1) is 17.0. The number of hydrogen-bond donors (Lipinski definition) is 2. The van der Waals surface area contributed by atoms with Crippen LogP contribution in [0.1, 0.15) is 17.5 Å². The Hall–Kier alpha value is -2.86. The second kappa shape index (κ2) is 6.94. The van der Waals surface area contributed by atoms with E-state index in [1.54, 1.807) is 29.7 Å². The Balaban J connectivity index is 1.82. The highest BCUT2D eigenvalue weighted by Gasteiger charge is 2.65. The average molecular weight is 341 g/mol. The molecule has 2 N–H and O–H groups in total. The lowest BCUT2D eigenvalue weighted by Gasteiger charge is -2.16. The van der Waals surface area contributed by atoms with Gasteiger partial charge in [-0.1, -0.05) is 42.5 Å². The molecule has 0 aliphatic heterocycles. The van der Waals surface area contributed by atoms with Gasteiger partial charge in [0.25, 0.3) is 0 Å². The number of nitrogens with one attached hydrogen (secondary N) is 1. The van der Waals surface area contributed by atoms with Crippen molar-refractivity contribution in [1.82, 2.24) is 5.48 Å². The van der Waals surface area contributed by atoms with Crippen LogP contribution in [0.25, 0.3) is 0 Å². The van der Waals surface area contributed by atoms with Crippen LogP contribution in [0.3, 0.4) is 0 Å². The molecule has 2 aromatic carbocycles. The number of hydrogen-bond acceptors (Lipinski definition) is 5. The van der Waals surface area contributed by atoms with Gasteiger partial charge in [-0.3, -0.25) is 14.8 Å². The van der Waals surface area contributed by atoms with E-state index in [4.69, 9.17) is 14.7 Å². The normalized spacial score (nSPS) is 21.3. The molecule has 6 heteroatoms. The molecule has 25 heavy (non-hydrogen) atoms. The van der Waals surface area contributed by atoms with E-state index in [1.807, 2.05) is 30.3 Å². The maximum atomic E-state index is 12.3. The lowest BCUT2D eigenvalue weighted by Crippen LogP contribution is -2.31. The maximum Gasteiger partial charge on any atom is 0.317 e. The fraction of sp³-hybridized carbons (Fsp3) is 0.263. The Labute approximate surface area is 145 Å². The first-order valence-corrected chi connectivity index (χ1v) is 7.91. The molecule has 0 aromatic heterocycles. The van der Waals surface area contributed by atoms with E-state index in [0.29, 0.717) is 17.9 Å². The summed E-state index contributed by atoms with van der Waals surface area (Å²) in [7, 11) is 1.28. The van der Waals surface area contributed by atoms with Crippen molar-refractivity contribution in [2.75, 3.05) is 7.11 Å². The molecule has 0 spiro atoms. The van der Waals surface area contributed by atoms with Crippen LogP contribution in [0, 0.1) is 5.92 Å². The van der Waals surface area contributed by atoms with Gasteiger partial charge >= 0.3 is 5.97 Å². The van der Waals surface area contributed by atoms with Crippen molar-refractivity contribution in [2.24, 2.45) is 5.92 Å². The van der Waals surface area contributed by atoms with Gasteiger partial charge in [0.2, 0.25) is 5.91 Å². The highest BCUT2D eigenvalue weighted by Crippen LogP contribution is 2.55. The van der Waals surface area contributed by atoms with E-state index >= 15 is 0 Å². The molecule has 1 saturated carbocycles. The van der Waals surface area contributed by atoms with Gasteiger partial charge in [-0.2, -0.15) is 0 Å². The summed E-state index contributed by atoms with van der Waals surface area (Å²) in [4.78, 5) is 24.1. The van der Waals surface area contributed by atoms with E-state index in [1.165, 1.54) is 7.11 Å². The molecule has 130 valence electrons. The predicted octanol–water partition coefficient (Wildman–Crippen LogP) is 2.20. The van der Waals surface area contributed by atoms with Crippen LogP contribution in [0.2, 0.25) is 0 Å². The molecule has 0 heterocycles. The maximum absolute atomic E-state index is 12.3. The molecule has 2 aromatic rings. The number of benzene rings is 2. The zero-order valence-corrected chi connectivity index (χ0v) is 13.8. The first-order valence-electron chi connectivity index (χ1n) is 7.91. The number of hydroxylamine groups is 1. The van der Waals surface area contributed by atoms with E-state index in [-0.39, 0.29) is 6.42 Å². The quantitative estimate of drug-likeness (QED) is 0.478. The van der Waals surface area contributed by atoms with E-state index in [0.717, 1.165) is 5.56 Å². The Morgan fingerprint density at radius 3 is 2.64 bits per heavy atom. The molecule has 1 aliphatic carbocycles. The lowest BCUT2D eigenvalue weighted by atomic mass is 9.92. The van der Waals surface area contributed by atoms with Gasteiger partial charge in [0.1, 0.15) is 17.8 Å². The molecule has 3 rings (SSSR count). The molecule has 0 radical (unpaired) electrons. The Morgan fingerprint density at radius 2 is 1.96 bits per heavy atom. The summed E-state index contributed by atoms with van der Waals surface area (Å²) in [6.07, 6.45) is 0.286. The minimum Gasteiger partial charge on any atom is -0.489 e. The van der Waals surface area contributed by atoms with Crippen LogP contribution in [0.4, 0.5) is 0 Å². The highest BCUT2D eigenvalue weighted by molar-refractivity contribution is 5.97. The van der Waals surface area contributed by atoms with E-state index in [2.05, 4.69) is 0 Å². The van der Waals surface area contributed by atoms with Crippen LogP contribution >= 0.6 is 0 Å². The predicted molar refractivity (Wildman–Crippen MR) is 88.9 cm³/mol. The third-order valence-corrected chi connectivity index (χ3v) is 4.53. The number of methoxy groups -OCH3 is 1. The van der Waals surface area contributed by atoms with Gasteiger partial charge in [0.15, 0.2) is 0 Å². The van der Waals surface area contributed by atoms with Crippen LogP contribution in [0.5, 0.6) is 5.75 Å². The summed E-state index contributed by atoms with van der Waals surface area (Å²) in [5.74, 6) is -1.16. The monoisotopic (exact) mass is 341 g/mol. The summed E-state index contributed by atoms with van der Waals surface area (Å²) in [6.45, 7) is 0.399. The molecule has 0 bridgehead atoms. The van der Waals surface area contributed by atoms with Crippen molar-refractivity contribution in [3.63, 3.8) is 0 Å². The van der Waals surface area contributed by atoms with E-state index in [9.17, 15) is 9.59 Å². The molecule has 0 saturated heterocycles. The van der Waals surface area contributed by atoms with Crippen LogP contribution in [-0.2, 0) is 26.3 Å². The topological polar surface area (TPSA) is 84.9 Å². The van der Waals surface area contributed by atoms with Gasteiger partial charge in [-0.25, -0.2) is 5.48 Å². The molecule has 2 atom stereocenters.